The number of rotatable bonds is 6. The molecular weight excluding hydrogens is 448 g/mol. The summed E-state index contributed by atoms with van der Waals surface area (Å²) in [4.78, 5) is 20.2. The van der Waals surface area contributed by atoms with Crippen molar-refractivity contribution in [2.45, 2.75) is 36.6 Å². The molecule has 0 fully saturated rings. The zero-order chi connectivity index (χ0) is 23.2. The van der Waals surface area contributed by atoms with Gasteiger partial charge in [0, 0.05) is 32.5 Å². The van der Waals surface area contributed by atoms with Crippen LogP contribution < -0.4 is 5.32 Å². The van der Waals surface area contributed by atoms with Gasteiger partial charge in [0.25, 0.3) is 5.91 Å². The fourth-order valence-electron chi connectivity index (χ4n) is 3.64. The van der Waals surface area contributed by atoms with Gasteiger partial charge in [-0.3, -0.25) is 4.79 Å². The van der Waals surface area contributed by atoms with Gasteiger partial charge >= 0.3 is 0 Å². The van der Waals surface area contributed by atoms with Gasteiger partial charge in [-0.25, -0.2) is 4.99 Å². The molecule has 5 heteroatoms. The van der Waals surface area contributed by atoms with Crippen LogP contribution in [0.3, 0.4) is 0 Å². The SMILES string of the molecule is C/C=C\C=C(/CC)C1=Nc2cc(C(=O)NCc3cccc(Cl)c3)ccc2Sc2ccccc21. The van der Waals surface area contributed by atoms with E-state index < -0.39 is 0 Å². The lowest BCUT2D eigenvalue weighted by Crippen LogP contribution is -2.22. The van der Waals surface area contributed by atoms with Crippen molar-refractivity contribution in [3.8, 4) is 0 Å². The van der Waals surface area contributed by atoms with Crippen LogP contribution in [0.1, 0.15) is 41.8 Å². The molecule has 33 heavy (non-hydrogen) atoms. The average molecular weight is 473 g/mol. The van der Waals surface area contributed by atoms with E-state index in [0.29, 0.717) is 17.1 Å². The number of aliphatic imine (C=N–C) groups is 1. The number of carbonyl (C=O) groups is 1. The summed E-state index contributed by atoms with van der Waals surface area (Å²) in [6, 6.07) is 21.6. The number of hydrogen-bond acceptors (Lipinski definition) is 3. The molecule has 0 saturated carbocycles. The second-order valence-corrected chi connectivity index (χ2v) is 9.15. The normalized spacial score (nSPS) is 13.2. The van der Waals surface area contributed by atoms with Crippen molar-refractivity contribution >= 4 is 40.7 Å². The number of allylic oxidation sites excluding steroid dienone is 4. The van der Waals surface area contributed by atoms with Gasteiger partial charge in [-0.05, 0) is 60.9 Å². The van der Waals surface area contributed by atoms with Crippen LogP contribution in [0, 0.1) is 0 Å². The highest BCUT2D eigenvalue weighted by Gasteiger charge is 2.20. The third-order valence-electron chi connectivity index (χ3n) is 5.33. The molecule has 0 saturated heterocycles. The summed E-state index contributed by atoms with van der Waals surface area (Å²) in [6.45, 7) is 4.56. The summed E-state index contributed by atoms with van der Waals surface area (Å²) in [5.41, 5.74) is 5.57. The molecule has 3 aromatic rings. The minimum absolute atomic E-state index is 0.138. The van der Waals surface area contributed by atoms with E-state index in [1.807, 2.05) is 73.7 Å². The van der Waals surface area contributed by atoms with Crippen LogP contribution in [0.25, 0.3) is 0 Å². The fraction of sp³-hybridized carbons (Fsp3) is 0.143. The van der Waals surface area contributed by atoms with Crippen molar-refractivity contribution in [2.24, 2.45) is 4.99 Å². The van der Waals surface area contributed by atoms with E-state index in [0.717, 1.165) is 44.3 Å². The Morgan fingerprint density at radius 2 is 1.91 bits per heavy atom. The molecule has 3 aromatic carbocycles. The Balaban J connectivity index is 1.69. The summed E-state index contributed by atoms with van der Waals surface area (Å²) in [5, 5.41) is 3.64. The summed E-state index contributed by atoms with van der Waals surface area (Å²) < 4.78 is 0. The zero-order valence-electron chi connectivity index (χ0n) is 18.6. The molecule has 1 heterocycles. The Morgan fingerprint density at radius 1 is 1.06 bits per heavy atom. The first-order valence-electron chi connectivity index (χ1n) is 10.9. The van der Waals surface area contributed by atoms with Gasteiger partial charge in [0.1, 0.15) is 0 Å². The highest BCUT2D eigenvalue weighted by Crippen LogP contribution is 2.41. The summed E-state index contributed by atoms with van der Waals surface area (Å²) >= 11 is 7.74. The minimum atomic E-state index is -0.138. The van der Waals surface area contributed by atoms with E-state index in [2.05, 4.69) is 30.4 Å². The first-order chi connectivity index (χ1) is 16.1. The van der Waals surface area contributed by atoms with Crippen LogP contribution in [0.5, 0.6) is 0 Å². The standard InChI is InChI=1S/C28H25ClN2OS/c1-3-5-10-20(4-2)27-23-12-6-7-13-25(23)33-26-15-14-21(17-24(26)31-27)28(32)30-18-19-9-8-11-22(29)16-19/h3,5-17H,4,18H2,1-2H3,(H,30,32)/b5-3-,20-10+. The van der Waals surface area contributed by atoms with Crippen LogP contribution in [0.4, 0.5) is 5.69 Å². The van der Waals surface area contributed by atoms with Gasteiger partial charge < -0.3 is 5.32 Å². The quantitative estimate of drug-likeness (QED) is 0.372. The van der Waals surface area contributed by atoms with Gasteiger partial charge in [-0.15, -0.1) is 0 Å². The number of nitrogens with one attached hydrogen (secondary N) is 1. The lowest BCUT2D eigenvalue weighted by atomic mass is 9.99. The third-order valence-corrected chi connectivity index (χ3v) is 6.71. The molecule has 0 aromatic heterocycles. The van der Waals surface area contributed by atoms with Crippen molar-refractivity contribution in [1.29, 1.82) is 0 Å². The van der Waals surface area contributed by atoms with Gasteiger partial charge in [0.15, 0.2) is 0 Å². The summed E-state index contributed by atoms with van der Waals surface area (Å²) in [6.07, 6.45) is 7.04. The van der Waals surface area contributed by atoms with E-state index in [9.17, 15) is 4.79 Å². The smallest absolute Gasteiger partial charge is 0.251 e. The number of hydrogen-bond donors (Lipinski definition) is 1. The fourth-order valence-corrected chi connectivity index (χ4v) is 4.85. The van der Waals surface area contributed by atoms with E-state index in [1.165, 1.54) is 0 Å². The molecule has 3 nitrogen and oxygen atoms in total. The van der Waals surface area contributed by atoms with E-state index in [1.54, 1.807) is 11.8 Å². The van der Waals surface area contributed by atoms with Crippen molar-refractivity contribution < 1.29 is 4.79 Å². The Morgan fingerprint density at radius 3 is 2.70 bits per heavy atom. The number of carbonyl (C=O) groups excluding carboxylic acids is 1. The molecule has 1 aliphatic rings. The zero-order valence-corrected chi connectivity index (χ0v) is 20.2. The maximum atomic E-state index is 12.9. The Kier molecular flexibility index (Phi) is 7.48. The molecule has 0 spiro atoms. The second-order valence-electron chi connectivity index (χ2n) is 7.62. The summed E-state index contributed by atoms with van der Waals surface area (Å²) in [5.74, 6) is -0.138. The Hall–Kier alpha value is -3.08. The number of nitrogens with zero attached hydrogens (tertiary/aromatic N) is 1. The van der Waals surface area contributed by atoms with E-state index in [4.69, 9.17) is 16.6 Å². The van der Waals surface area contributed by atoms with Crippen LogP contribution in [0.15, 0.2) is 105 Å². The molecule has 0 aliphatic carbocycles. The van der Waals surface area contributed by atoms with Gasteiger partial charge in [0.05, 0.1) is 11.4 Å². The Bertz CT molecular complexity index is 1280. The largest absolute Gasteiger partial charge is 0.348 e. The minimum Gasteiger partial charge on any atom is -0.348 e. The van der Waals surface area contributed by atoms with E-state index in [-0.39, 0.29) is 5.91 Å². The van der Waals surface area contributed by atoms with Crippen molar-refractivity contribution in [2.75, 3.05) is 0 Å². The monoisotopic (exact) mass is 472 g/mol. The highest BCUT2D eigenvalue weighted by atomic mass is 35.5. The molecule has 4 rings (SSSR count). The molecule has 0 unspecified atom stereocenters. The topological polar surface area (TPSA) is 41.5 Å². The lowest BCUT2D eigenvalue weighted by Gasteiger charge is -2.11. The van der Waals surface area contributed by atoms with Crippen LogP contribution in [0.2, 0.25) is 5.02 Å². The molecule has 0 bridgehead atoms. The first kappa shape index (κ1) is 23.1. The average Bonchev–Trinajstić information content (AvgIpc) is 2.99. The summed E-state index contributed by atoms with van der Waals surface area (Å²) in [7, 11) is 0. The van der Waals surface area contributed by atoms with Crippen LogP contribution >= 0.6 is 23.4 Å². The molecular formula is C28H25ClN2OS. The third kappa shape index (κ3) is 5.47. The van der Waals surface area contributed by atoms with Gasteiger partial charge in [-0.1, -0.05) is 78.8 Å². The predicted molar refractivity (Wildman–Crippen MR) is 139 cm³/mol. The molecule has 1 N–H and O–H groups in total. The second kappa shape index (κ2) is 10.7. The molecule has 0 atom stereocenters. The van der Waals surface area contributed by atoms with Crippen molar-refractivity contribution in [1.82, 2.24) is 5.32 Å². The predicted octanol–water partition coefficient (Wildman–Crippen LogP) is 7.77. The first-order valence-corrected chi connectivity index (χ1v) is 12.1. The van der Waals surface area contributed by atoms with Crippen molar-refractivity contribution in [3.05, 3.63) is 112 Å². The van der Waals surface area contributed by atoms with Gasteiger partial charge in [0.2, 0.25) is 0 Å². The molecule has 166 valence electrons. The van der Waals surface area contributed by atoms with Crippen LogP contribution in [-0.4, -0.2) is 11.6 Å². The van der Waals surface area contributed by atoms with E-state index >= 15 is 0 Å². The number of benzene rings is 3. The number of halogens is 1. The molecule has 0 radical (unpaired) electrons. The molecule has 1 amide bonds. The maximum Gasteiger partial charge on any atom is 0.251 e. The van der Waals surface area contributed by atoms with Gasteiger partial charge in [-0.2, -0.15) is 0 Å². The lowest BCUT2D eigenvalue weighted by molar-refractivity contribution is 0.0951. The van der Waals surface area contributed by atoms with Crippen LogP contribution in [-0.2, 0) is 6.54 Å². The Labute approximate surface area is 204 Å². The number of amides is 1. The van der Waals surface area contributed by atoms with Crippen molar-refractivity contribution in [3.63, 3.8) is 0 Å². The highest BCUT2D eigenvalue weighted by molar-refractivity contribution is 7.99. The maximum absolute atomic E-state index is 12.9. The number of fused-ring (bicyclic) bond motifs is 2. The molecule has 1 aliphatic heterocycles.